The van der Waals surface area contributed by atoms with E-state index in [0.29, 0.717) is 0 Å². The van der Waals surface area contributed by atoms with Gasteiger partial charge >= 0.3 is 0 Å². The van der Waals surface area contributed by atoms with Crippen molar-refractivity contribution in [2.75, 3.05) is 6.61 Å². The fourth-order valence-corrected chi connectivity index (χ4v) is 0.739. The van der Waals surface area contributed by atoms with Gasteiger partial charge in [-0.2, -0.15) is 0 Å². The third-order valence-electron chi connectivity index (χ3n) is 1.82. The van der Waals surface area contributed by atoms with Crippen molar-refractivity contribution in [3.8, 4) is 0 Å². The van der Waals surface area contributed by atoms with E-state index in [9.17, 15) is 0 Å². The van der Waals surface area contributed by atoms with Gasteiger partial charge in [-0.25, -0.2) is 0 Å². The van der Waals surface area contributed by atoms with Crippen LogP contribution >= 0.6 is 0 Å². The molecule has 0 N–H and O–H groups in total. The summed E-state index contributed by atoms with van der Waals surface area (Å²) in [5.41, 5.74) is 1.29. The molecule has 0 aromatic heterocycles. The minimum atomic E-state index is 0.736. The second-order valence-corrected chi connectivity index (χ2v) is 2.96. The van der Waals surface area contributed by atoms with E-state index in [1.165, 1.54) is 5.57 Å². The van der Waals surface area contributed by atoms with Gasteiger partial charge < -0.3 is 4.74 Å². The maximum absolute atomic E-state index is 5.34. The summed E-state index contributed by atoms with van der Waals surface area (Å²) in [6.07, 6.45) is 8.17. The van der Waals surface area contributed by atoms with E-state index < -0.39 is 0 Å². The molecule has 0 atom stereocenters. The summed E-state index contributed by atoms with van der Waals surface area (Å²) in [5, 5.41) is 0. The van der Waals surface area contributed by atoms with Crippen LogP contribution in [0.1, 0.15) is 33.6 Å². The van der Waals surface area contributed by atoms with Gasteiger partial charge in [-0.05, 0) is 20.3 Å². The monoisotopic (exact) mass is 180 g/mol. The first-order valence-corrected chi connectivity index (χ1v) is 4.80. The van der Waals surface area contributed by atoms with Gasteiger partial charge in [0.15, 0.2) is 0 Å². The van der Waals surface area contributed by atoms with Crippen LogP contribution in [-0.2, 0) is 4.74 Å². The molecule has 0 heterocycles. The molecular formula is C12H20O. The Kier molecular flexibility index (Phi) is 7.08. The highest BCUT2D eigenvalue weighted by molar-refractivity contribution is 5.14. The van der Waals surface area contributed by atoms with E-state index in [1.54, 1.807) is 0 Å². The van der Waals surface area contributed by atoms with Crippen LogP contribution in [0.25, 0.3) is 0 Å². The molecule has 0 aromatic rings. The number of rotatable bonds is 6. The third-order valence-corrected chi connectivity index (χ3v) is 1.82. The molecule has 13 heavy (non-hydrogen) atoms. The zero-order chi connectivity index (χ0) is 10.1. The van der Waals surface area contributed by atoms with Crippen molar-refractivity contribution in [2.45, 2.75) is 33.6 Å². The molecule has 0 saturated carbocycles. The van der Waals surface area contributed by atoms with E-state index in [4.69, 9.17) is 4.74 Å². The van der Waals surface area contributed by atoms with E-state index in [2.05, 4.69) is 31.7 Å². The van der Waals surface area contributed by atoms with E-state index in [0.717, 1.165) is 25.2 Å². The molecule has 1 nitrogen and oxygen atoms in total. The van der Waals surface area contributed by atoms with Crippen molar-refractivity contribution in [3.05, 3.63) is 36.1 Å². The zero-order valence-corrected chi connectivity index (χ0v) is 8.97. The van der Waals surface area contributed by atoms with Gasteiger partial charge in [-0.1, -0.05) is 37.3 Å². The molecule has 74 valence electrons. The summed E-state index contributed by atoms with van der Waals surface area (Å²) in [7, 11) is 0. The molecule has 0 rings (SSSR count). The van der Waals surface area contributed by atoms with Crippen molar-refractivity contribution in [1.82, 2.24) is 0 Å². The van der Waals surface area contributed by atoms with Gasteiger partial charge in [0.2, 0.25) is 0 Å². The average molecular weight is 180 g/mol. The quantitative estimate of drug-likeness (QED) is 0.343. The Balaban J connectivity index is 3.46. The molecule has 0 unspecified atom stereocenters. The van der Waals surface area contributed by atoms with Gasteiger partial charge in [0.05, 0.1) is 12.4 Å². The van der Waals surface area contributed by atoms with Gasteiger partial charge in [-0.15, -0.1) is 0 Å². The summed E-state index contributed by atoms with van der Waals surface area (Å²) in [4.78, 5) is 0. The van der Waals surface area contributed by atoms with Crippen LogP contribution in [0, 0.1) is 0 Å². The number of hydrogen-bond donors (Lipinski definition) is 0. The van der Waals surface area contributed by atoms with Crippen LogP contribution in [-0.4, -0.2) is 6.61 Å². The Morgan fingerprint density at radius 3 is 2.69 bits per heavy atom. The standard InChI is InChI=1S/C12H20O/c1-5-11(3)9-7-8-10-13-12(4)6-2/h5,7,9H,4,6,8,10H2,1-3H3/b9-7-,11-5-. The smallest absolute Gasteiger partial charge is 0.0911 e. The molecule has 0 spiro atoms. The third kappa shape index (κ3) is 7.38. The normalized spacial score (nSPS) is 12.1. The van der Waals surface area contributed by atoms with E-state index in [-0.39, 0.29) is 0 Å². The highest BCUT2D eigenvalue weighted by Crippen LogP contribution is 2.01. The largest absolute Gasteiger partial charge is 0.498 e. The van der Waals surface area contributed by atoms with Gasteiger partial charge in [0, 0.05) is 6.42 Å². The molecule has 0 aliphatic heterocycles. The predicted molar refractivity (Wildman–Crippen MR) is 58.6 cm³/mol. The van der Waals surface area contributed by atoms with Crippen molar-refractivity contribution in [2.24, 2.45) is 0 Å². The molecule has 0 aromatic carbocycles. The summed E-state index contributed by atoms with van der Waals surface area (Å²) in [5.74, 6) is 0.871. The Bertz CT molecular complexity index is 199. The van der Waals surface area contributed by atoms with Crippen LogP contribution < -0.4 is 0 Å². The SMILES string of the molecule is C=C(CC)OCC/C=C\C(C)=C/C. The molecule has 0 radical (unpaired) electrons. The van der Waals surface area contributed by atoms with Crippen LogP contribution in [0.2, 0.25) is 0 Å². The van der Waals surface area contributed by atoms with Gasteiger partial charge in [0.1, 0.15) is 0 Å². The fraction of sp³-hybridized carbons (Fsp3) is 0.500. The second kappa shape index (κ2) is 7.66. The van der Waals surface area contributed by atoms with E-state index >= 15 is 0 Å². The number of allylic oxidation sites excluding steroid dienone is 4. The predicted octanol–water partition coefficient (Wildman–Crippen LogP) is 3.84. The lowest BCUT2D eigenvalue weighted by Crippen LogP contribution is -1.90. The first-order valence-electron chi connectivity index (χ1n) is 4.80. The lowest BCUT2D eigenvalue weighted by molar-refractivity contribution is 0.212. The minimum Gasteiger partial charge on any atom is -0.498 e. The molecule has 1 heteroatoms. The van der Waals surface area contributed by atoms with E-state index in [1.807, 2.05) is 13.8 Å². The second-order valence-electron chi connectivity index (χ2n) is 2.96. The molecule has 0 amide bonds. The zero-order valence-electron chi connectivity index (χ0n) is 8.97. The summed E-state index contributed by atoms with van der Waals surface area (Å²) in [6, 6.07) is 0. The van der Waals surface area contributed by atoms with Crippen LogP contribution in [0.15, 0.2) is 36.1 Å². The van der Waals surface area contributed by atoms with Crippen molar-refractivity contribution in [3.63, 3.8) is 0 Å². The topological polar surface area (TPSA) is 9.23 Å². The summed E-state index contributed by atoms with van der Waals surface area (Å²) < 4.78 is 5.34. The average Bonchev–Trinajstić information content (AvgIpc) is 2.16. The van der Waals surface area contributed by atoms with Crippen molar-refractivity contribution in [1.29, 1.82) is 0 Å². The Labute approximate surface area is 81.8 Å². The first kappa shape index (κ1) is 12.0. The number of hydrogen-bond acceptors (Lipinski definition) is 1. The molecule has 0 aliphatic carbocycles. The molecule has 0 saturated heterocycles. The minimum absolute atomic E-state index is 0.736. The maximum Gasteiger partial charge on any atom is 0.0911 e. The van der Waals surface area contributed by atoms with Crippen molar-refractivity contribution >= 4 is 0 Å². The summed E-state index contributed by atoms with van der Waals surface area (Å²) in [6.45, 7) is 10.7. The Hall–Kier alpha value is -0.980. The molecule has 0 bridgehead atoms. The van der Waals surface area contributed by atoms with Crippen LogP contribution in [0.4, 0.5) is 0 Å². The lowest BCUT2D eigenvalue weighted by Gasteiger charge is -2.03. The molecule has 0 aliphatic rings. The highest BCUT2D eigenvalue weighted by Gasteiger charge is 1.88. The fourth-order valence-electron chi connectivity index (χ4n) is 0.739. The van der Waals surface area contributed by atoms with Gasteiger partial charge in [-0.3, -0.25) is 0 Å². The Morgan fingerprint density at radius 1 is 1.46 bits per heavy atom. The molecule has 0 fully saturated rings. The Morgan fingerprint density at radius 2 is 2.15 bits per heavy atom. The van der Waals surface area contributed by atoms with Crippen LogP contribution in [0.5, 0.6) is 0 Å². The van der Waals surface area contributed by atoms with Gasteiger partial charge in [0.25, 0.3) is 0 Å². The lowest BCUT2D eigenvalue weighted by atomic mass is 10.2. The summed E-state index contributed by atoms with van der Waals surface area (Å²) >= 11 is 0. The first-order chi connectivity index (χ1) is 6.20. The van der Waals surface area contributed by atoms with Crippen molar-refractivity contribution < 1.29 is 4.74 Å². The van der Waals surface area contributed by atoms with Crippen LogP contribution in [0.3, 0.4) is 0 Å². The highest BCUT2D eigenvalue weighted by atomic mass is 16.5. The molecular weight excluding hydrogens is 160 g/mol. The number of ether oxygens (including phenoxy) is 1. The maximum atomic E-state index is 5.34.